The number of nitrogens with two attached hydrogens (primary N) is 1. The van der Waals surface area contributed by atoms with Crippen LogP contribution in [0, 0.1) is 0 Å². The van der Waals surface area contributed by atoms with Crippen LogP contribution < -0.4 is 11.1 Å². The molecule has 0 spiro atoms. The van der Waals surface area contributed by atoms with E-state index in [-0.39, 0.29) is 11.4 Å². The van der Waals surface area contributed by atoms with Crippen molar-refractivity contribution in [1.82, 2.24) is 0 Å². The summed E-state index contributed by atoms with van der Waals surface area (Å²) in [7, 11) is 0. The summed E-state index contributed by atoms with van der Waals surface area (Å²) in [5, 5.41) is 2.09. The van der Waals surface area contributed by atoms with Gasteiger partial charge in [0.15, 0.2) is 0 Å². The van der Waals surface area contributed by atoms with Gasteiger partial charge < -0.3 is 11.1 Å². The highest BCUT2D eigenvalue weighted by Crippen LogP contribution is 2.35. The smallest absolute Gasteiger partial charge is 0.399 e. The quantitative estimate of drug-likeness (QED) is 0.710. The molecular weight excluding hydrogens is 209 g/mol. The van der Waals surface area contributed by atoms with Gasteiger partial charge >= 0.3 is 6.18 Å². The first-order valence-corrected chi connectivity index (χ1v) is 4.05. The van der Waals surface area contributed by atoms with Crippen molar-refractivity contribution in [2.75, 3.05) is 11.1 Å². The molecule has 0 saturated carbocycles. The molecule has 0 heterocycles. The highest BCUT2D eigenvalue weighted by atomic mass is 19.4. The van der Waals surface area contributed by atoms with E-state index in [2.05, 4.69) is 5.32 Å². The average molecular weight is 218 g/mol. The molecule has 0 fully saturated rings. The average Bonchev–Trinajstić information content (AvgIpc) is 2.05. The van der Waals surface area contributed by atoms with Crippen molar-refractivity contribution in [3.63, 3.8) is 0 Å². The highest BCUT2D eigenvalue weighted by Gasteiger charge is 2.33. The minimum absolute atomic E-state index is 0.00331. The molecule has 0 bridgehead atoms. The fourth-order valence-corrected chi connectivity index (χ4v) is 1.10. The third kappa shape index (κ3) is 2.87. The molecule has 0 atom stereocenters. The van der Waals surface area contributed by atoms with Crippen LogP contribution in [0.25, 0.3) is 0 Å². The Hall–Kier alpha value is -1.72. The van der Waals surface area contributed by atoms with E-state index in [4.69, 9.17) is 5.73 Å². The lowest BCUT2D eigenvalue weighted by Crippen LogP contribution is -2.14. The third-order valence-electron chi connectivity index (χ3n) is 1.66. The number of carbonyl (C=O) groups is 1. The van der Waals surface area contributed by atoms with Gasteiger partial charge in [-0.15, -0.1) is 0 Å². The molecular formula is C9H9F3N2O. The Morgan fingerprint density at radius 1 is 1.40 bits per heavy atom. The van der Waals surface area contributed by atoms with E-state index in [1.54, 1.807) is 0 Å². The zero-order chi connectivity index (χ0) is 11.6. The first kappa shape index (κ1) is 11.4. The number of hydrogen-bond donors (Lipinski definition) is 2. The van der Waals surface area contributed by atoms with E-state index in [1.807, 2.05) is 0 Å². The zero-order valence-electron chi connectivity index (χ0n) is 7.85. The van der Waals surface area contributed by atoms with Crippen molar-refractivity contribution >= 4 is 17.3 Å². The maximum Gasteiger partial charge on any atom is 0.418 e. The van der Waals surface area contributed by atoms with E-state index >= 15 is 0 Å². The number of nitrogens with one attached hydrogen (secondary N) is 1. The summed E-state index contributed by atoms with van der Waals surface area (Å²) >= 11 is 0. The Bertz CT molecular complexity index is 387. The first-order valence-electron chi connectivity index (χ1n) is 4.05. The molecule has 3 N–H and O–H groups in total. The van der Waals surface area contributed by atoms with Crippen LogP contribution in [0.4, 0.5) is 24.5 Å². The molecule has 1 amide bonds. The number of amides is 1. The minimum Gasteiger partial charge on any atom is -0.399 e. The molecule has 6 heteroatoms. The van der Waals surface area contributed by atoms with Gasteiger partial charge in [0, 0.05) is 12.6 Å². The molecule has 0 aliphatic carbocycles. The number of benzene rings is 1. The van der Waals surface area contributed by atoms with Gasteiger partial charge in [0.25, 0.3) is 0 Å². The van der Waals surface area contributed by atoms with Gasteiger partial charge in [-0.2, -0.15) is 13.2 Å². The summed E-state index contributed by atoms with van der Waals surface area (Å²) in [6.45, 7) is 1.14. The molecule has 0 aromatic heterocycles. The lowest BCUT2D eigenvalue weighted by Gasteiger charge is -2.13. The number of nitrogen functional groups attached to an aromatic ring is 1. The summed E-state index contributed by atoms with van der Waals surface area (Å²) in [5.41, 5.74) is 4.00. The fourth-order valence-electron chi connectivity index (χ4n) is 1.10. The van der Waals surface area contributed by atoms with Crippen LogP contribution in [0.5, 0.6) is 0 Å². The second-order valence-electron chi connectivity index (χ2n) is 2.98. The number of hydrogen-bond acceptors (Lipinski definition) is 2. The zero-order valence-corrected chi connectivity index (χ0v) is 7.85. The number of anilines is 2. The standard InChI is InChI=1S/C9H9F3N2O/c1-5(15)14-8-3-2-6(13)4-7(8)9(10,11)12/h2-4H,13H2,1H3,(H,14,15). The fraction of sp³-hybridized carbons (Fsp3) is 0.222. The van der Waals surface area contributed by atoms with Crippen molar-refractivity contribution < 1.29 is 18.0 Å². The van der Waals surface area contributed by atoms with Crippen molar-refractivity contribution in [2.24, 2.45) is 0 Å². The maximum atomic E-state index is 12.5. The summed E-state index contributed by atoms with van der Waals surface area (Å²) in [4.78, 5) is 10.7. The SMILES string of the molecule is CC(=O)Nc1ccc(N)cc1C(F)(F)F. The number of carbonyl (C=O) groups excluding carboxylic acids is 1. The van der Waals surface area contributed by atoms with Crippen LogP contribution in [0.15, 0.2) is 18.2 Å². The Balaban J connectivity index is 3.20. The van der Waals surface area contributed by atoms with Crippen LogP contribution in [-0.2, 0) is 11.0 Å². The minimum atomic E-state index is -4.53. The lowest BCUT2D eigenvalue weighted by molar-refractivity contribution is -0.136. The Morgan fingerprint density at radius 3 is 2.47 bits per heavy atom. The van der Waals surface area contributed by atoms with E-state index in [1.165, 1.54) is 6.07 Å². The summed E-state index contributed by atoms with van der Waals surface area (Å²) in [6.07, 6.45) is -4.53. The predicted molar refractivity (Wildman–Crippen MR) is 50.2 cm³/mol. The first-order chi connectivity index (χ1) is 6.80. The normalized spacial score (nSPS) is 11.2. The van der Waals surface area contributed by atoms with Gasteiger partial charge in [-0.25, -0.2) is 0 Å². The molecule has 15 heavy (non-hydrogen) atoms. The van der Waals surface area contributed by atoms with Crippen LogP contribution in [0.2, 0.25) is 0 Å². The van der Waals surface area contributed by atoms with Gasteiger partial charge in [0.2, 0.25) is 5.91 Å². The van der Waals surface area contributed by atoms with Crippen LogP contribution in [0.1, 0.15) is 12.5 Å². The van der Waals surface area contributed by atoms with Gasteiger partial charge in [-0.3, -0.25) is 4.79 Å². The molecule has 1 aromatic rings. The second-order valence-corrected chi connectivity index (χ2v) is 2.98. The van der Waals surface area contributed by atoms with E-state index in [9.17, 15) is 18.0 Å². The van der Waals surface area contributed by atoms with Crippen molar-refractivity contribution in [2.45, 2.75) is 13.1 Å². The highest BCUT2D eigenvalue weighted by molar-refractivity contribution is 5.90. The maximum absolute atomic E-state index is 12.5. The summed E-state index contributed by atoms with van der Waals surface area (Å²) < 4.78 is 37.4. The van der Waals surface area contributed by atoms with Crippen molar-refractivity contribution in [3.8, 4) is 0 Å². The number of alkyl halides is 3. The lowest BCUT2D eigenvalue weighted by atomic mass is 10.1. The van der Waals surface area contributed by atoms with Gasteiger partial charge in [-0.05, 0) is 18.2 Å². The summed E-state index contributed by atoms with van der Waals surface area (Å²) in [5.74, 6) is -0.565. The molecule has 82 valence electrons. The van der Waals surface area contributed by atoms with Crippen molar-refractivity contribution in [3.05, 3.63) is 23.8 Å². The van der Waals surface area contributed by atoms with E-state index < -0.39 is 17.6 Å². The Kier molecular flexibility index (Phi) is 2.88. The Labute approximate surface area is 84.1 Å². The molecule has 0 aliphatic rings. The summed E-state index contributed by atoms with van der Waals surface area (Å²) in [6, 6.07) is 3.20. The molecule has 1 aromatic carbocycles. The number of halogens is 3. The molecule has 0 radical (unpaired) electrons. The van der Waals surface area contributed by atoms with Crippen molar-refractivity contribution in [1.29, 1.82) is 0 Å². The van der Waals surface area contributed by atoms with Gasteiger partial charge in [-0.1, -0.05) is 0 Å². The largest absolute Gasteiger partial charge is 0.418 e. The number of rotatable bonds is 1. The topological polar surface area (TPSA) is 55.1 Å². The molecule has 0 aliphatic heterocycles. The second kappa shape index (κ2) is 3.80. The van der Waals surface area contributed by atoms with Crippen LogP contribution >= 0.6 is 0 Å². The molecule has 1 rings (SSSR count). The van der Waals surface area contributed by atoms with Gasteiger partial charge in [0.05, 0.1) is 11.3 Å². The van der Waals surface area contributed by atoms with E-state index in [0.29, 0.717) is 0 Å². The predicted octanol–water partition coefficient (Wildman–Crippen LogP) is 2.25. The third-order valence-corrected chi connectivity index (χ3v) is 1.66. The van der Waals surface area contributed by atoms with Crippen LogP contribution in [-0.4, -0.2) is 5.91 Å². The Morgan fingerprint density at radius 2 is 2.00 bits per heavy atom. The monoisotopic (exact) mass is 218 g/mol. The van der Waals surface area contributed by atoms with E-state index in [0.717, 1.165) is 19.1 Å². The molecule has 0 unspecified atom stereocenters. The van der Waals surface area contributed by atoms with Gasteiger partial charge in [0.1, 0.15) is 0 Å². The molecule has 3 nitrogen and oxygen atoms in total. The van der Waals surface area contributed by atoms with Crippen LogP contribution in [0.3, 0.4) is 0 Å². The molecule has 0 saturated heterocycles.